The van der Waals surface area contributed by atoms with Gasteiger partial charge in [-0.25, -0.2) is 14.0 Å². The van der Waals surface area contributed by atoms with E-state index in [0.29, 0.717) is 29.9 Å². The van der Waals surface area contributed by atoms with Gasteiger partial charge in [0.05, 0.1) is 4.92 Å². The van der Waals surface area contributed by atoms with Crippen LogP contribution in [-0.2, 0) is 15.5 Å². The van der Waals surface area contributed by atoms with Gasteiger partial charge in [-0.15, -0.1) is 0 Å². The lowest BCUT2D eigenvalue weighted by Crippen LogP contribution is -2.42. The number of rotatable bonds is 4. The first-order valence-electron chi connectivity index (χ1n) is 9.03. The predicted octanol–water partition coefficient (Wildman–Crippen LogP) is 3.49. The molecule has 1 saturated heterocycles. The molecule has 3 rings (SSSR count). The summed E-state index contributed by atoms with van der Waals surface area (Å²) in [6.07, 6.45) is 1.11. The van der Waals surface area contributed by atoms with Crippen LogP contribution in [0.15, 0.2) is 27.8 Å². The van der Waals surface area contributed by atoms with Gasteiger partial charge in [0.1, 0.15) is 21.9 Å². The summed E-state index contributed by atoms with van der Waals surface area (Å²) in [4.78, 5) is 28.3. The van der Waals surface area contributed by atoms with Crippen LogP contribution in [0, 0.1) is 16.0 Å². The van der Waals surface area contributed by atoms with E-state index in [1.807, 2.05) is 20.8 Å². The number of hydrogen-bond acceptors (Lipinski definition) is 7. The molecule has 0 unspecified atom stereocenters. The second kappa shape index (κ2) is 7.86. The van der Waals surface area contributed by atoms with E-state index < -0.39 is 21.3 Å². The van der Waals surface area contributed by atoms with Crippen LogP contribution in [0.2, 0.25) is 0 Å². The van der Waals surface area contributed by atoms with Crippen LogP contribution < -0.4 is 0 Å². The lowest BCUT2D eigenvalue weighted by molar-refractivity contribution is -0.384. The number of carbonyl (C=O) groups is 1. The normalized spacial score (nSPS) is 16.9. The molecule has 0 bridgehead atoms. The first kappa shape index (κ1) is 20.2. The molecule has 1 aromatic heterocycles. The second-order valence-corrected chi connectivity index (χ2v) is 9.19. The third kappa shape index (κ3) is 4.86. The van der Waals surface area contributed by atoms with Gasteiger partial charge in [-0.3, -0.25) is 10.1 Å². The Kier molecular flexibility index (Phi) is 5.69. The first-order chi connectivity index (χ1) is 13.1. The number of nitro groups is 1. The van der Waals surface area contributed by atoms with Crippen LogP contribution in [0.25, 0.3) is 11.1 Å². The van der Waals surface area contributed by atoms with Crippen molar-refractivity contribution in [2.45, 2.75) is 44.4 Å². The highest BCUT2D eigenvalue weighted by atomic mass is 32.2. The molecule has 0 saturated carbocycles. The third-order valence-electron chi connectivity index (χ3n) is 4.41. The maximum atomic E-state index is 12.6. The fourth-order valence-corrected chi connectivity index (χ4v) is 4.29. The lowest BCUT2D eigenvalue weighted by Gasteiger charge is -2.33. The van der Waals surface area contributed by atoms with Gasteiger partial charge < -0.3 is 14.1 Å². The summed E-state index contributed by atoms with van der Waals surface area (Å²) in [5.41, 5.74) is 0.0657. The van der Waals surface area contributed by atoms with Crippen LogP contribution in [0.4, 0.5) is 10.5 Å². The van der Waals surface area contributed by atoms with E-state index >= 15 is 0 Å². The standard InChI is InChI=1S/C18H23N3O6S/c1-18(2,3)27-17(22)20-8-6-12(7-9-20)11-28(25)16-19-14-10-13(21(23)24)4-5-15(14)26-16/h4-5,10,12H,6-9,11H2,1-3H3/t28-/m1/s1. The maximum Gasteiger partial charge on any atom is 0.410 e. The molecule has 1 atom stereocenters. The number of ether oxygens (including phenoxy) is 1. The molecule has 0 radical (unpaired) electrons. The molecule has 0 N–H and O–H groups in total. The zero-order valence-electron chi connectivity index (χ0n) is 16.0. The Morgan fingerprint density at radius 2 is 2.07 bits per heavy atom. The van der Waals surface area contributed by atoms with Crippen molar-refractivity contribution in [3.05, 3.63) is 28.3 Å². The molecule has 0 spiro atoms. The number of aromatic nitrogens is 1. The minimum Gasteiger partial charge on any atom is -0.444 e. The first-order valence-corrected chi connectivity index (χ1v) is 10.4. The molecule has 0 aliphatic carbocycles. The second-order valence-electron chi connectivity index (χ2n) is 7.81. The Morgan fingerprint density at radius 1 is 1.39 bits per heavy atom. The molecule has 1 aromatic carbocycles. The number of piperidine rings is 1. The summed E-state index contributed by atoms with van der Waals surface area (Å²) in [6.45, 7) is 6.59. The molecular formula is C18H23N3O6S. The van der Waals surface area contributed by atoms with Crippen LogP contribution in [0.5, 0.6) is 0 Å². The number of nitro benzene ring substituents is 1. The third-order valence-corrected chi connectivity index (χ3v) is 5.75. The Balaban J connectivity index is 1.58. The van der Waals surface area contributed by atoms with Gasteiger partial charge in [-0.1, -0.05) is 0 Å². The van der Waals surface area contributed by atoms with Gasteiger partial charge in [0.25, 0.3) is 10.9 Å². The SMILES string of the molecule is CC(C)(C)OC(=O)N1CCC(C[S@@](=O)c2nc3cc([N+](=O)[O-])ccc3o2)CC1. The quantitative estimate of drug-likeness (QED) is 0.560. The Labute approximate surface area is 164 Å². The van der Waals surface area contributed by atoms with E-state index in [1.165, 1.54) is 18.2 Å². The topological polar surface area (TPSA) is 116 Å². The van der Waals surface area contributed by atoms with Crippen molar-refractivity contribution < 1.29 is 23.1 Å². The van der Waals surface area contributed by atoms with Crippen molar-refractivity contribution in [3.8, 4) is 0 Å². The summed E-state index contributed by atoms with van der Waals surface area (Å²) in [6, 6.07) is 4.09. The van der Waals surface area contributed by atoms with Crippen molar-refractivity contribution in [2.24, 2.45) is 5.92 Å². The number of hydrogen-bond donors (Lipinski definition) is 0. The van der Waals surface area contributed by atoms with Gasteiger partial charge in [0.2, 0.25) is 0 Å². The van der Waals surface area contributed by atoms with E-state index in [4.69, 9.17) is 9.15 Å². The van der Waals surface area contributed by atoms with E-state index in [9.17, 15) is 19.1 Å². The monoisotopic (exact) mass is 409 g/mol. The van der Waals surface area contributed by atoms with E-state index in [2.05, 4.69) is 4.98 Å². The average Bonchev–Trinajstić information content (AvgIpc) is 3.04. The molecule has 1 aliphatic heterocycles. The maximum absolute atomic E-state index is 12.6. The van der Waals surface area contributed by atoms with Gasteiger partial charge in [-0.2, -0.15) is 0 Å². The fraction of sp³-hybridized carbons (Fsp3) is 0.556. The zero-order chi connectivity index (χ0) is 20.5. The molecule has 152 valence electrons. The largest absolute Gasteiger partial charge is 0.444 e. The van der Waals surface area contributed by atoms with E-state index in [-0.39, 0.29) is 22.9 Å². The van der Waals surface area contributed by atoms with Crippen molar-refractivity contribution in [1.82, 2.24) is 9.88 Å². The number of fused-ring (bicyclic) bond motifs is 1. The van der Waals surface area contributed by atoms with Gasteiger partial charge in [0.15, 0.2) is 5.58 Å². The summed E-state index contributed by atoms with van der Waals surface area (Å²) < 4.78 is 23.5. The average molecular weight is 409 g/mol. The molecule has 1 fully saturated rings. The lowest BCUT2D eigenvalue weighted by atomic mass is 9.99. The Bertz CT molecular complexity index is 912. The van der Waals surface area contributed by atoms with Gasteiger partial charge in [0, 0.05) is 31.0 Å². The summed E-state index contributed by atoms with van der Waals surface area (Å²) >= 11 is 0. The Morgan fingerprint density at radius 3 is 2.68 bits per heavy atom. The number of oxazole rings is 1. The molecule has 2 aromatic rings. The minimum absolute atomic E-state index is 0.0741. The van der Waals surface area contributed by atoms with Gasteiger partial charge >= 0.3 is 6.09 Å². The van der Waals surface area contributed by atoms with Crippen LogP contribution >= 0.6 is 0 Å². The van der Waals surface area contributed by atoms with Crippen LogP contribution in [0.3, 0.4) is 0 Å². The molecular weight excluding hydrogens is 386 g/mol. The smallest absolute Gasteiger partial charge is 0.410 e. The molecule has 1 amide bonds. The van der Waals surface area contributed by atoms with E-state index in [1.54, 1.807) is 4.90 Å². The number of non-ortho nitro benzene ring substituents is 1. The highest BCUT2D eigenvalue weighted by Crippen LogP contribution is 2.25. The van der Waals surface area contributed by atoms with Crippen LogP contribution in [-0.4, -0.2) is 49.6 Å². The predicted molar refractivity (Wildman–Crippen MR) is 102 cm³/mol. The fourth-order valence-electron chi connectivity index (χ4n) is 3.00. The molecule has 1 aliphatic rings. The molecule has 9 nitrogen and oxygen atoms in total. The highest BCUT2D eigenvalue weighted by molar-refractivity contribution is 7.84. The van der Waals surface area contributed by atoms with E-state index in [0.717, 1.165) is 12.8 Å². The number of likely N-dealkylation sites (tertiary alicyclic amines) is 1. The number of benzene rings is 1. The Hall–Kier alpha value is -2.49. The van der Waals surface area contributed by atoms with Crippen molar-refractivity contribution in [1.29, 1.82) is 0 Å². The summed E-state index contributed by atoms with van der Waals surface area (Å²) in [5, 5.41) is 10.9. The van der Waals surface area contributed by atoms with Crippen molar-refractivity contribution in [2.75, 3.05) is 18.8 Å². The number of amides is 1. The number of nitrogens with zero attached hydrogens (tertiary/aromatic N) is 3. The van der Waals surface area contributed by atoms with Crippen molar-refractivity contribution >= 4 is 33.7 Å². The highest BCUT2D eigenvalue weighted by Gasteiger charge is 2.28. The molecule has 28 heavy (non-hydrogen) atoms. The number of carbonyl (C=O) groups excluding carboxylic acids is 1. The summed E-state index contributed by atoms with van der Waals surface area (Å²) in [5.74, 6) is 0.542. The molecule has 2 heterocycles. The van der Waals surface area contributed by atoms with Crippen LogP contribution in [0.1, 0.15) is 33.6 Å². The summed E-state index contributed by atoms with van der Waals surface area (Å²) in [7, 11) is -1.45. The van der Waals surface area contributed by atoms with Crippen molar-refractivity contribution in [3.63, 3.8) is 0 Å². The minimum atomic E-state index is -1.45. The van der Waals surface area contributed by atoms with Gasteiger partial charge in [-0.05, 0) is 45.6 Å². The molecule has 10 heteroatoms. The zero-order valence-corrected chi connectivity index (χ0v) is 16.9.